The molecule has 2 heteroatoms. The molecule has 0 amide bonds. The molecule has 2 aliphatic carbocycles. The topological polar surface area (TPSA) is 38.0 Å². The molecule has 0 unspecified atom stereocenters. The van der Waals surface area contributed by atoms with Gasteiger partial charge in [-0.05, 0) is 56.9 Å². The molecule has 0 saturated heterocycles. The number of nitrogens with two attached hydrogens (primary N) is 1. The molecule has 0 bridgehead atoms. The molecule has 0 aliphatic heterocycles. The van der Waals surface area contributed by atoms with Crippen molar-refractivity contribution in [2.75, 3.05) is 13.6 Å². The normalized spacial score (nSPS) is 42.4. The molecular weight excluding hydrogens is 172 g/mol. The van der Waals surface area contributed by atoms with Crippen LogP contribution in [0.2, 0.25) is 0 Å². The Hall–Kier alpha value is -0.500. The van der Waals surface area contributed by atoms with Crippen LogP contribution in [0, 0.1) is 17.8 Å². The van der Waals surface area contributed by atoms with Crippen molar-refractivity contribution in [3.8, 4) is 0 Å². The van der Waals surface area contributed by atoms with E-state index in [-0.39, 0.29) is 0 Å². The Morgan fingerprint density at radius 2 is 1.93 bits per heavy atom. The maximum absolute atomic E-state index is 5.77. The van der Waals surface area contributed by atoms with Crippen LogP contribution in [-0.2, 0) is 0 Å². The second kappa shape index (κ2) is 3.93. The van der Waals surface area contributed by atoms with Gasteiger partial charge in [-0.25, -0.2) is 0 Å². The quantitative estimate of drug-likeness (QED) is 0.704. The first-order valence-corrected chi connectivity index (χ1v) is 5.84. The Morgan fingerprint density at radius 3 is 2.50 bits per heavy atom. The van der Waals surface area contributed by atoms with Crippen molar-refractivity contribution in [1.82, 2.24) is 5.32 Å². The van der Waals surface area contributed by atoms with E-state index in [2.05, 4.69) is 12.2 Å². The van der Waals surface area contributed by atoms with Crippen LogP contribution < -0.4 is 11.1 Å². The monoisotopic (exact) mass is 194 g/mol. The summed E-state index contributed by atoms with van der Waals surface area (Å²) in [4.78, 5) is 0. The molecule has 1 saturated carbocycles. The minimum atomic E-state index is 0.846. The molecule has 0 aromatic carbocycles. The van der Waals surface area contributed by atoms with Crippen LogP contribution in [0.3, 0.4) is 0 Å². The van der Waals surface area contributed by atoms with Crippen molar-refractivity contribution in [1.29, 1.82) is 0 Å². The molecule has 0 radical (unpaired) electrons. The summed E-state index contributed by atoms with van der Waals surface area (Å²) in [7, 11) is 2.05. The van der Waals surface area contributed by atoms with E-state index < -0.39 is 0 Å². The minimum Gasteiger partial charge on any atom is -0.391 e. The highest BCUT2D eigenvalue weighted by Crippen LogP contribution is 2.53. The maximum Gasteiger partial charge on any atom is 0.00932 e. The predicted octanol–water partition coefficient (Wildman–Crippen LogP) is 1.87. The lowest BCUT2D eigenvalue weighted by atomic mass is 9.98. The lowest BCUT2D eigenvalue weighted by Crippen LogP contribution is -2.10. The van der Waals surface area contributed by atoms with Gasteiger partial charge in [0.1, 0.15) is 0 Å². The number of nitrogens with one attached hydrogen (secondary N) is 1. The number of hydrogen-bond acceptors (Lipinski definition) is 2. The summed E-state index contributed by atoms with van der Waals surface area (Å²) >= 11 is 0. The van der Waals surface area contributed by atoms with E-state index in [1.54, 1.807) is 5.57 Å². The van der Waals surface area contributed by atoms with Gasteiger partial charge in [0.05, 0.1) is 0 Å². The third-order valence-corrected chi connectivity index (χ3v) is 4.18. The fraction of sp³-hybridized carbons (Fsp3) is 0.833. The second-order valence-electron chi connectivity index (χ2n) is 4.81. The zero-order chi connectivity index (χ0) is 10.1. The third kappa shape index (κ3) is 1.68. The molecule has 0 spiro atoms. The summed E-state index contributed by atoms with van der Waals surface area (Å²) in [6, 6.07) is 0. The van der Waals surface area contributed by atoms with E-state index in [4.69, 9.17) is 5.73 Å². The number of fused-ring (bicyclic) bond motifs is 1. The van der Waals surface area contributed by atoms with Gasteiger partial charge < -0.3 is 11.1 Å². The molecule has 0 aromatic rings. The first-order valence-electron chi connectivity index (χ1n) is 5.84. The number of allylic oxidation sites excluding steroid dienone is 2. The molecule has 2 aliphatic rings. The second-order valence-corrected chi connectivity index (χ2v) is 4.81. The summed E-state index contributed by atoms with van der Waals surface area (Å²) in [5.41, 5.74) is 8.81. The smallest absolute Gasteiger partial charge is 0.00932 e. The summed E-state index contributed by atoms with van der Waals surface area (Å²) in [6.45, 7) is 3.18. The molecule has 0 aromatic heterocycles. The molecule has 80 valence electrons. The minimum absolute atomic E-state index is 0.846. The SMILES string of the molecule is CN/C1=C(\C)CC[C@@H]2[C@@H](CN)[C@@H]2CC1. The molecule has 3 atom stereocenters. The first-order chi connectivity index (χ1) is 6.77. The zero-order valence-corrected chi connectivity index (χ0v) is 9.34. The number of rotatable bonds is 2. The lowest BCUT2D eigenvalue weighted by molar-refractivity contribution is 0.568. The average Bonchev–Trinajstić information content (AvgIpc) is 2.85. The summed E-state index contributed by atoms with van der Waals surface area (Å²) in [5.74, 6) is 2.74. The molecule has 14 heavy (non-hydrogen) atoms. The standard InChI is InChI=1S/C12H22N2/c1-8-3-4-9-10(11(9)7-13)5-6-12(8)14-2/h9-11,14H,3-7,13H2,1-2H3/b12-8+/t9-,10+,11+/m0/s1. The highest BCUT2D eigenvalue weighted by Gasteiger charge is 2.47. The lowest BCUT2D eigenvalue weighted by Gasteiger charge is -2.14. The third-order valence-electron chi connectivity index (χ3n) is 4.18. The van der Waals surface area contributed by atoms with Gasteiger partial charge in [-0.2, -0.15) is 0 Å². The van der Waals surface area contributed by atoms with E-state index in [1.165, 1.54) is 31.4 Å². The van der Waals surface area contributed by atoms with E-state index in [0.717, 1.165) is 24.3 Å². The zero-order valence-electron chi connectivity index (χ0n) is 9.34. The van der Waals surface area contributed by atoms with Crippen molar-refractivity contribution < 1.29 is 0 Å². The Balaban J connectivity index is 1.99. The molecule has 1 fully saturated rings. The van der Waals surface area contributed by atoms with Crippen LogP contribution in [-0.4, -0.2) is 13.6 Å². The van der Waals surface area contributed by atoms with Gasteiger partial charge in [0.2, 0.25) is 0 Å². The summed E-state index contributed by atoms with van der Waals surface area (Å²) in [5, 5.41) is 3.34. The van der Waals surface area contributed by atoms with Crippen LogP contribution in [0.15, 0.2) is 11.3 Å². The first kappa shape index (κ1) is 10.0. The molecular formula is C12H22N2. The summed E-state index contributed by atoms with van der Waals surface area (Å²) < 4.78 is 0. The van der Waals surface area contributed by atoms with Gasteiger partial charge >= 0.3 is 0 Å². The van der Waals surface area contributed by atoms with E-state index in [9.17, 15) is 0 Å². The van der Waals surface area contributed by atoms with Crippen LogP contribution >= 0.6 is 0 Å². The molecule has 2 rings (SSSR count). The van der Waals surface area contributed by atoms with E-state index in [1.807, 2.05) is 7.05 Å². The van der Waals surface area contributed by atoms with Gasteiger partial charge in [-0.15, -0.1) is 0 Å². The maximum atomic E-state index is 5.77. The van der Waals surface area contributed by atoms with Crippen LogP contribution in [0.4, 0.5) is 0 Å². The predicted molar refractivity (Wildman–Crippen MR) is 59.8 cm³/mol. The van der Waals surface area contributed by atoms with E-state index >= 15 is 0 Å². The Kier molecular flexibility index (Phi) is 2.82. The summed E-state index contributed by atoms with van der Waals surface area (Å²) in [6.07, 6.45) is 5.22. The van der Waals surface area contributed by atoms with Gasteiger partial charge in [0.15, 0.2) is 0 Å². The van der Waals surface area contributed by atoms with Crippen molar-refractivity contribution in [3.05, 3.63) is 11.3 Å². The van der Waals surface area contributed by atoms with Crippen LogP contribution in [0.1, 0.15) is 32.6 Å². The van der Waals surface area contributed by atoms with Crippen molar-refractivity contribution >= 4 is 0 Å². The average molecular weight is 194 g/mol. The van der Waals surface area contributed by atoms with Crippen LogP contribution in [0.25, 0.3) is 0 Å². The van der Waals surface area contributed by atoms with Crippen molar-refractivity contribution in [2.45, 2.75) is 32.6 Å². The molecule has 3 N–H and O–H groups in total. The molecule has 2 nitrogen and oxygen atoms in total. The Labute approximate surface area is 86.9 Å². The van der Waals surface area contributed by atoms with Gasteiger partial charge in [0, 0.05) is 12.7 Å². The largest absolute Gasteiger partial charge is 0.391 e. The highest BCUT2D eigenvalue weighted by atomic mass is 14.8. The Bertz CT molecular complexity index is 245. The van der Waals surface area contributed by atoms with E-state index in [0.29, 0.717) is 0 Å². The Morgan fingerprint density at radius 1 is 1.29 bits per heavy atom. The fourth-order valence-corrected chi connectivity index (χ4v) is 3.13. The van der Waals surface area contributed by atoms with Gasteiger partial charge in [-0.1, -0.05) is 5.57 Å². The van der Waals surface area contributed by atoms with Crippen molar-refractivity contribution in [3.63, 3.8) is 0 Å². The fourth-order valence-electron chi connectivity index (χ4n) is 3.13. The highest BCUT2D eigenvalue weighted by molar-refractivity contribution is 5.14. The molecule has 0 heterocycles. The van der Waals surface area contributed by atoms with Gasteiger partial charge in [0.25, 0.3) is 0 Å². The number of hydrogen-bond donors (Lipinski definition) is 2. The van der Waals surface area contributed by atoms with Crippen molar-refractivity contribution in [2.24, 2.45) is 23.5 Å². The van der Waals surface area contributed by atoms with Gasteiger partial charge in [-0.3, -0.25) is 0 Å². The van der Waals surface area contributed by atoms with Crippen LogP contribution in [0.5, 0.6) is 0 Å².